The maximum Gasteiger partial charge on any atom is 0.326 e. The minimum atomic E-state index is -0.533. The maximum atomic E-state index is 13.5. The first-order valence-corrected chi connectivity index (χ1v) is 17.2. The molecule has 0 bridgehead atoms. The van der Waals surface area contributed by atoms with E-state index in [0.717, 1.165) is 21.2 Å². The van der Waals surface area contributed by atoms with E-state index in [-0.39, 0.29) is 41.7 Å². The highest BCUT2D eigenvalue weighted by Crippen LogP contribution is 2.48. The van der Waals surface area contributed by atoms with Crippen molar-refractivity contribution in [3.8, 4) is 5.75 Å². The number of primary amides is 1. The van der Waals surface area contributed by atoms with Crippen molar-refractivity contribution in [3.63, 3.8) is 0 Å². The highest BCUT2D eigenvalue weighted by atomic mass is 35.5. The van der Waals surface area contributed by atoms with Gasteiger partial charge in [-0.15, -0.1) is 22.9 Å². The number of aryl methyl sites for hydroxylation is 4. The molecule has 6 amide bonds. The van der Waals surface area contributed by atoms with Gasteiger partial charge in [0.05, 0.1) is 27.4 Å². The summed E-state index contributed by atoms with van der Waals surface area (Å²) in [7, 11) is 4.97. The fraction of sp³-hybridized carbons (Fsp3) is 0.265. The van der Waals surface area contributed by atoms with Gasteiger partial charge in [0.2, 0.25) is 5.91 Å². The summed E-state index contributed by atoms with van der Waals surface area (Å²) in [5.41, 5.74) is 9.53. The Hall–Kier alpha value is -5.74. The maximum absolute atomic E-state index is 13.5. The van der Waals surface area contributed by atoms with E-state index in [4.69, 9.17) is 17.3 Å². The molecule has 6 rings (SSSR count). The Bertz CT molecular complexity index is 2230. The highest BCUT2D eigenvalue weighted by Gasteiger charge is 2.35. The average Bonchev–Trinajstić information content (AvgIpc) is 3.88. The summed E-state index contributed by atoms with van der Waals surface area (Å²) in [6.07, 6.45) is 4.77. The number of amides is 6. The van der Waals surface area contributed by atoms with Crippen LogP contribution in [0.2, 0.25) is 0 Å². The molecule has 0 spiro atoms. The molecule has 0 radical (unpaired) electrons. The van der Waals surface area contributed by atoms with Crippen molar-refractivity contribution in [1.29, 1.82) is 0 Å². The molecule has 0 aliphatic carbocycles. The van der Waals surface area contributed by atoms with E-state index >= 15 is 0 Å². The zero-order valence-corrected chi connectivity index (χ0v) is 29.7. The Morgan fingerprint density at radius 1 is 0.863 bits per heavy atom. The number of aromatic nitrogens is 3. The van der Waals surface area contributed by atoms with Crippen LogP contribution in [0.1, 0.15) is 54.9 Å². The Morgan fingerprint density at radius 3 is 1.92 bits per heavy atom. The number of aromatic hydroxyl groups is 1. The van der Waals surface area contributed by atoms with Crippen molar-refractivity contribution in [3.05, 3.63) is 76.4 Å². The van der Waals surface area contributed by atoms with Gasteiger partial charge in [-0.25, -0.2) is 4.79 Å². The lowest BCUT2D eigenvalue weighted by molar-refractivity contribution is -0.117. The van der Waals surface area contributed by atoms with Crippen LogP contribution in [0.15, 0.2) is 48.2 Å². The van der Waals surface area contributed by atoms with Crippen LogP contribution in [0.3, 0.4) is 0 Å². The van der Waals surface area contributed by atoms with Crippen molar-refractivity contribution >= 4 is 85.4 Å². The van der Waals surface area contributed by atoms with Gasteiger partial charge in [-0.2, -0.15) is 0 Å². The molecule has 1 aromatic carbocycles. The average molecular weight is 734 g/mol. The number of nitrogens with two attached hydrogens (primary N) is 1. The van der Waals surface area contributed by atoms with E-state index in [1.54, 1.807) is 65.9 Å². The number of nitrogens with zero attached hydrogens (tertiary/aromatic N) is 4. The first-order valence-electron chi connectivity index (χ1n) is 15.8. The fourth-order valence-corrected chi connectivity index (χ4v) is 7.51. The molecular formula is C34H36ClN9O6S. The van der Waals surface area contributed by atoms with Crippen LogP contribution < -0.4 is 31.9 Å². The van der Waals surface area contributed by atoms with E-state index in [9.17, 15) is 29.1 Å². The number of hydrogen-bond acceptors (Lipinski definition) is 7. The summed E-state index contributed by atoms with van der Waals surface area (Å²) in [4.78, 5) is 65.0. The molecule has 266 valence electrons. The van der Waals surface area contributed by atoms with Crippen LogP contribution in [0.4, 0.5) is 27.5 Å². The molecule has 15 nitrogen and oxygen atoms in total. The van der Waals surface area contributed by atoms with Gasteiger partial charge < -0.3 is 45.8 Å². The van der Waals surface area contributed by atoms with E-state index in [1.807, 2.05) is 12.3 Å². The number of anilines is 4. The highest BCUT2D eigenvalue weighted by molar-refractivity contribution is 7.17. The molecule has 1 atom stereocenters. The van der Waals surface area contributed by atoms with Crippen molar-refractivity contribution in [2.75, 3.05) is 39.8 Å². The topological polar surface area (TPSA) is 198 Å². The number of carbonyl (C=O) groups excluding carboxylic acids is 5. The van der Waals surface area contributed by atoms with Crippen LogP contribution in [-0.4, -0.2) is 67.4 Å². The summed E-state index contributed by atoms with van der Waals surface area (Å²) in [6, 6.07) is 5.73. The number of phenols is 1. The van der Waals surface area contributed by atoms with E-state index in [1.165, 1.54) is 28.0 Å². The van der Waals surface area contributed by atoms with Crippen LogP contribution in [0.25, 0.3) is 10.1 Å². The second-order valence-electron chi connectivity index (χ2n) is 12.4. The lowest BCUT2D eigenvalue weighted by Crippen LogP contribution is -2.34. The third-order valence-corrected chi connectivity index (χ3v) is 10.2. The van der Waals surface area contributed by atoms with Crippen molar-refractivity contribution in [1.82, 2.24) is 19.0 Å². The molecule has 7 N–H and O–H groups in total. The second-order valence-corrected chi connectivity index (χ2v) is 13.6. The zero-order valence-electron chi connectivity index (χ0n) is 28.2. The summed E-state index contributed by atoms with van der Waals surface area (Å²) in [6.45, 7) is 2.39. The van der Waals surface area contributed by atoms with Gasteiger partial charge in [0.1, 0.15) is 22.8 Å². The molecule has 0 saturated carbocycles. The van der Waals surface area contributed by atoms with Gasteiger partial charge in [0.15, 0.2) is 0 Å². The van der Waals surface area contributed by atoms with Crippen LogP contribution in [0, 0.1) is 6.92 Å². The molecule has 1 aliphatic heterocycles. The molecule has 5 aromatic rings. The summed E-state index contributed by atoms with van der Waals surface area (Å²) < 4.78 is 5.42. The van der Waals surface area contributed by atoms with E-state index < -0.39 is 29.7 Å². The van der Waals surface area contributed by atoms with E-state index in [0.29, 0.717) is 35.2 Å². The monoisotopic (exact) mass is 733 g/mol. The zero-order chi connectivity index (χ0) is 36.7. The number of benzene rings is 1. The molecule has 17 heteroatoms. The Labute approximate surface area is 300 Å². The third-order valence-electron chi connectivity index (χ3n) is 8.70. The third kappa shape index (κ3) is 6.87. The number of hydrogen-bond donors (Lipinski definition) is 6. The van der Waals surface area contributed by atoms with E-state index in [2.05, 4.69) is 21.3 Å². The number of carbonyl (C=O) groups is 5. The Morgan fingerprint density at radius 2 is 1.39 bits per heavy atom. The number of halogens is 1. The van der Waals surface area contributed by atoms with Gasteiger partial charge in [0, 0.05) is 82.5 Å². The fourth-order valence-electron chi connectivity index (χ4n) is 6.28. The molecule has 51 heavy (non-hydrogen) atoms. The van der Waals surface area contributed by atoms with Gasteiger partial charge in [0.25, 0.3) is 17.7 Å². The first-order chi connectivity index (χ1) is 24.2. The lowest BCUT2D eigenvalue weighted by atomic mass is 9.97. The van der Waals surface area contributed by atoms with Crippen LogP contribution >= 0.6 is 22.9 Å². The Balaban J connectivity index is 1.11. The first kappa shape index (κ1) is 35.1. The Kier molecular flexibility index (Phi) is 9.55. The minimum Gasteiger partial charge on any atom is -0.506 e. The standard InChI is InChI=1S/C34H36ClN9O6S/c1-17-16-51-30-26(45)10-22-29(28(17)30)18(11-35)12-44(22)34(50)40-21-9-25(43(4)15-21)33(49)39-20-8-24(42(3)14-20)32(48)38-19-7-23(41(2)13-19)31(47)37-6-5-27(36)46/h7-10,13-16,18,45H,5-6,11-12H2,1-4H3,(H2,36,46)(H,37,47)(H,38,48)(H,39,49)(H,40,50)/t18-/m0/s1. The number of alkyl halides is 1. The lowest BCUT2D eigenvalue weighted by Gasteiger charge is -2.18. The van der Waals surface area contributed by atoms with Gasteiger partial charge in [-0.1, -0.05) is 0 Å². The number of phenolic OH excluding ortho intramolecular Hbond substituents is 1. The SMILES string of the molecule is Cc1csc2c(O)cc3c(c12)[C@@H](CCl)CN3C(=O)Nc1cc(C(=O)Nc2cc(C(=O)Nc3cc(C(=O)NCCC(N)=O)n(C)c3)n(C)c2)n(C)c1. The number of rotatable bonds is 10. The number of thiophene rings is 1. The molecule has 4 aromatic heterocycles. The molecular weight excluding hydrogens is 698 g/mol. The molecule has 0 fully saturated rings. The van der Waals surface area contributed by atoms with Gasteiger partial charge >= 0.3 is 6.03 Å². The quantitative estimate of drug-likeness (QED) is 0.115. The number of nitrogens with one attached hydrogen (secondary N) is 4. The molecule has 0 unspecified atom stereocenters. The normalized spacial score (nSPS) is 13.7. The second kappa shape index (κ2) is 13.9. The summed E-state index contributed by atoms with van der Waals surface area (Å²) in [5, 5.41) is 24.6. The predicted octanol–water partition coefficient (Wildman–Crippen LogP) is 4.42. The molecule has 5 heterocycles. The summed E-state index contributed by atoms with van der Waals surface area (Å²) >= 11 is 7.79. The number of fused-ring (bicyclic) bond motifs is 3. The van der Waals surface area contributed by atoms with Crippen molar-refractivity contribution < 1.29 is 29.1 Å². The molecule has 0 saturated heterocycles. The summed E-state index contributed by atoms with van der Waals surface area (Å²) in [5.74, 6) is -1.62. The van der Waals surface area contributed by atoms with Gasteiger partial charge in [-0.05, 0) is 41.6 Å². The molecule has 1 aliphatic rings. The number of urea groups is 1. The smallest absolute Gasteiger partial charge is 0.326 e. The van der Waals surface area contributed by atoms with Gasteiger partial charge in [-0.3, -0.25) is 24.1 Å². The van der Waals surface area contributed by atoms with Crippen LogP contribution in [0.5, 0.6) is 5.75 Å². The largest absolute Gasteiger partial charge is 0.506 e. The predicted molar refractivity (Wildman–Crippen MR) is 196 cm³/mol. The van der Waals surface area contributed by atoms with Crippen molar-refractivity contribution in [2.45, 2.75) is 19.3 Å². The minimum absolute atomic E-state index is 0.00340. The van der Waals surface area contributed by atoms with Crippen LogP contribution in [-0.2, 0) is 25.9 Å². The van der Waals surface area contributed by atoms with Crippen molar-refractivity contribution in [2.24, 2.45) is 26.9 Å².